The smallest absolute Gasteiger partial charge is 0.264 e. The molecule has 2 aromatic rings. The monoisotopic (exact) mass is 389 g/mol. The summed E-state index contributed by atoms with van der Waals surface area (Å²) in [6.45, 7) is 6.62. The van der Waals surface area contributed by atoms with Gasteiger partial charge in [0.15, 0.2) is 0 Å². The van der Waals surface area contributed by atoms with Crippen molar-refractivity contribution in [2.24, 2.45) is 0 Å². The lowest BCUT2D eigenvalue weighted by molar-refractivity contribution is -0.890. The van der Waals surface area contributed by atoms with Crippen molar-refractivity contribution in [3.8, 4) is 0 Å². The van der Waals surface area contributed by atoms with Gasteiger partial charge >= 0.3 is 0 Å². The number of anilines is 1. The summed E-state index contributed by atoms with van der Waals surface area (Å²) in [6.07, 6.45) is 1.64. The van der Waals surface area contributed by atoms with Crippen LogP contribution >= 0.6 is 0 Å². The van der Waals surface area contributed by atoms with E-state index < -0.39 is 16.1 Å². The Bertz CT molecular complexity index is 842. The number of benzene rings is 2. The van der Waals surface area contributed by atoms with Crippen LogP contribution in [0.4, 0.5) is 5.69 Å². The summed E-state index contributed by atoms with van der Waals surface area (Å²) < 4.78 is 28.0. The third kappa shape index (κ3) is 4.89. The second kappa shape index (κ2) is 8.42. The number of aliphatic hydroxyl groups excluding tert-OH is 1. The quantitative estimate of drug-likeness (QED) is 0.755. The average molecular weight is 390 g/mol. The Morgan fingerprint density at radius 1 is 0.963 bits per heavy atom. The molecule has 1 heterocycles. The van der Waals surface area contributed by atoms with Gasteiger partial charge in [0.25, 0.3) is 10.0 Å². The van der Waals surface area contributed by atoms with Crippen LogP contribution in [0.3, 0.4) is 0 Å². The number of hydrogen-bond acceptors (Lipinski definition) is 3. The Morgan fingerprint density at radius 3 is 2.04 bits per heavy atom. The summed E-state index contributed by atoms with van der Waals surface area (Å²) in [7, 11) is -3.75. The zero-order valence-corrected chi connectivity index (χ0v) is 16.9. The molecule has 0 saturated carbocycles. The van der Waals surface area contributed by atoms with Crippen LogP contribution in [0.5, 0.6) is 0 Å². The third-order valence-corrected chi connectivity index (χ3v) is 6.95. The van der Waals surface area contributed by atoms with E-state index in [-0.39, 0.29) is 11.4 Å². The first-order valence-corrected chi connectivity index (χ1v) is 11.0. The number of quaternary nitrogens is 1. The zero-order valence-electron chi connectivity index (χ0n) is 16.1. The number of nitrogens with one attached hydrogen (secondary N) is 1. The van der Waals surface area contributed by atoms with Gasteiger partial charge in [0.1, 0.15) is 12.6 Å². The van der Waals surface area contributed by atoms with Crippen LogP contribution in [0, 0.1) is 13.8 Å². The summed E-state index contributed by atoms with van der Waals surface area (Å²) in [6, 6.07) is 14.2. The summed E-state index contributed by atoms with van der Waals surface area (Å²) in [5.41, 5.74) is 2.65. The van der Waals surface area contributed by atoms with Crippen LogP contribution in [0.15, 0.2) is 53.4 Å². The van der Waals surface area contributed by atoms with Gasteiger partial charge in [-0.1, -0.05) is 35.4 Å². The standard InChI is InChI=1S/C21H28N2O3S/c1-17-5-9-19(10-6-17)23(16-20(24)15-22-13-3-4-14-22)27(25,26)21-11-7-18(2)8-12-21/h5-12,20,24H,3-4,13-16H2,1-2H3/p+1/t20-/m0/s1. The summed E-state index contributed by atoms with van der Waals surface area (Å²) in [4.78, 5) is 1.59. The highest BCUT2D eigenvalue weighted by atomic mass is 32.2. The van der Waals surface area contributed by atoms with Gasteiger partial charge in [-0.2, -0.15) is 0 Å². The number of likely N-dealkylation sites (tertiary alicyclic amines) is 1. The second-order valence-electron chi connectivity index (χ2n) is 7.50. The molecule has 5 nitrogen and oxygen atoms in total. The molecule has 6 heteroatoms. The van der Waals surface area contributed by atoms with Gasteiger partial charge in [-0.15, -0.1) is 0 Å². The van der Waals surface area contributed by atoms with Crippen LogP contribution in [0.2, 0.25) is 0 Å². The third-order valence-electron chi connectivity index (χ3n) is 5.14. The lowest BCUT2D eigenvalue weighted by Crippen LogP contribution is -3.11. The van der Waals surface area contributed by atoms with Gasteiger partial charge in [0, 0.05) is 12.8 Å². The minimum atomic E-state index is -3.75. The number of rotatable bonds is 7. The Hall–Kier alpha value is -1.89. The molecule has 0 spiro atoms. The Balaban J connectivity index is 1.88. The van der Waals surface area contributed by atoms with E-state index in [1.165, 1.54) is 22.0 Å². The van der Waals surface area contributed by atoms with Crippen molar-refractivity contribution < 1.29 is 18.4 Å². The first-order valence-electron chi connectivity index (χ1n) is 9.54. The van der Waals surface area contributed by atoms with Crippen LogP contribution in [0.25, 0.3) is 0 Å². The molecule has 0 unspecified atom stereocenters. The van der Waals surface area contributed by atoms with Crippen molar-refractivity contribution in [3.05, 3.63) is 59.7 Å². The van der Waals surface area contributed by atoms with Crippen LogP contribution < -0.4 is 9.21 Å². The second-order valence-corrected chi connectivity index (χ2v) is 9.36. The molecule has 0 radical (unpaired) electrons. The molecule has 2 aromatic carbocycles. The Labute approximate surface area is 162 Å². The first kappa shape index (κ1) is 19.9. The van der Waals surface area contributed by atoms with E-state index in [1.807, 2.05) is 26.0 Å². The van der Waals surface area contributed by atoms with Gasteiger partial charge in [-0.05, 0) is 38.1 Å². The molecule has 1 atom stereocenters. The van der Waals surface area contributed by atoms with E-state index in [2.05, 4.69) is 0 Å². The molecule has 0 aliphatic carbocycles. The molecule has 2 N–H and O–H groups in total. The highest BCUT2D eigenvalue weighted by molar-refractivity contribution is 7.92. The number of nitrogens with zero attached hydrogens (tertiary/aromatic N) is 1. The molecular formula is C21H29N2O3S+. The van der Waals surface area contributed by atoms with E-state index in [1.54, 1.807) is 36.4 Å². The molecule has 1 fully saturated rings. The highest BCUT2D eigenvalue weighted by Gasteiger charge is 2.29. The minimum Gasteiger partial charge on any atom is -0.385 e. The number of aryl methyl sites for hydroxylation is 2. The lowest BCUT2D eigenvalue weighted by atomic mass is 10.2. The molecule has 0 aromatic heterocycles. The molecule has 0 bridgehead atoms. The maximum Gasteiger partial charge on any atom is 0.264 e. The van der Waals surface area contributed by atoms with Crippen molar-refractivity contribution in [2.45, 2.75) is 37.7 Å². The summed E-state index contributed by atoms with van der Waals surface area (Å²) >= 11 is 0. The van der Waals surface area contributed by atoms with Crippen molar-refractivity contribution in [1.82, 2.24) is 0 Å². The summed E-state index contributed by atoms with van der Waals surface area (Å²) in [5, 5.41) is 10.6. The average Bonchev–Trinajstić information content (AvgIpc) is 3.14. The molecule has 1 aliphatic heterocycles. The molecule has 3 rings (SSSR count). The molecular weight excluding hydrogens is 360 g/mol. The maximum absolute atomic E-state index is 13.3. The topological polar surface area (TPSA) is 62.1 Å². The van der Waals surface area contributed by atoms with E-state index in [4.69, 9.17) is 0 Å². The molecule has 0 amide bonds. The van der Waals surface area contributed by atoms with Crippen molar-refractivity contribution in [3.63, 3.8) is 0 Å². The van der Waals surface area contributed by atoms with E-state index in [0.29, 0.717) is 12.2 Å². The number of aliphatic hydroxyl groups is 1. The molecule has 1 saturated heterocycles. The van der Waals surface area contributed by atoms with E-state index >= 15 is 0 Å². The Kier molecular flexibility index (Phi) is 6.19. The predicted molar refractivity (Wildman–Crippen MR) is 108 cm³/mol. The van der Waals surface area contributed by atoms with Gasteiger partial charge in [0.2, 0.25) is 0 Å². The normalized spacial score (nSPS) is 16.4. The van der Waals surface area contributed by atoms with E-state index in [9.17, 15) is 13.5 Å². The van der Waals surface area contributed by atoms with Gasteiger partial charge in [-0.25, -0.2) is 8.42 Å². The van der Waals surface area contributed by atoms with E-state index in [0.717, 1.165) is 24.2 Å². The molecule has 27 heavy (non-hydrogen) atoms. The zero-order chi connectivity index (χ0) is 19.4. The molecule has 146 valence electrons. The van der Waals surface area contributed by atoms with Gasteiger partial charge in [0.05, 0.1) is 30.2 Å². The van der Waals surface area contributed by atoms with Crippen LogP contribution in [0.1, 0.15) is 24.0 Å². The largest absolute Gasteiger partial charge is 0.385 e. The highest BCUT2D eigenvalue weighted by Crippen LogP contribution is 2.24. The van der Waals surface area contributed by atoms with Gasteiger partial charge in [-0.3, -0.25) is 4.31 Å². The predicted octanol–water partition coefficient (Wildman–Crippen LogP) is 1.54. The SMILES string of the molecule is Cc1ccc(N(C[C@@H](O)C[NH+]2CCCC2)S(=O)(=O)c2ccc(C)cc2)cc1. The fraction of sp³-hybridized carbons (Fsp3) is 0.429. The fourth-order valence-electron chi connectivity index (χ4n) is 3.56. The Morgan fingerprint density at radius 2 is 1.48 bits per heavy atom. The van der Waals surface area contributed by atoms with Gasteiger partial charge < -0.3 is 10.0 Å². The van der Waals surface area contributed by atoms with Crippen molar-refractivity contribution >= 4 is 15.7 Å². The van der Waals surface area contributed by atoms with Crippen molar-refractivity contribution in [2.75, 3.05) is 30.5 Å². The summed E-state index contributed by atoms with van der Waals surface area (Å²) in [5.74, 6) is 0. The number of sulfonamides is 1. The minimum absolute atomic E-state index is 0.0583. The lowest BCUT2D eigenvalue weighted by Gasteiger charge is -2.28. The van der Waals surface area contributed by atoms with Crippen molar-refractivity contribution in [1.29, 1.82) is 0 Å². The van der Waals surface area contributed by atoms with Crippen LogP contribution in [-0.2, 0) is 10.0 Å². The first-order chi connectivity index (χ1) is 12.9. The molecule has 1 aliphatic rings. The number of hydrogen-bond donors (Lipinski definition) is 2. The fourth-order valence-corrected chi connectivity index (χ4v) is 5.06. The van der Waals surface area contributed by atoms with Crippen LogP contribution in [-0.4, -0.2) is 45.8 Å². The maximum atomic E-state index is 13.3.